The molecular weight excluding hydrogens is 402 g/mol. The van der Waals surface area contributed by atoms with E-state index in [1.807, 2.05) is 0 Å². The van der Waals surface area contributed by atoms with E-state index in [1.165, 1.54) is 26.4 Å². The standard InChI is InChI=1S/C14H15N3O8S2/c1-24-13-7-12(14(25-2)6-11(13)15)17-16-8-3-9(26(18,19)20)5-10(4-8)27(21,22)23/h3-7H,15H2,1-2H3,(H,18,19,20)(H,21,22,23). The fourth-order valence-corrected chi connectivity index (χ4v) is 3.17. The highest BCUT2D eigenvalue weighted by Gasteiger charge is 2.18. The van der Waals surface area contributed by atoms with Crippen LogP contribution >= 0.6 is 0 Å². The monoisotopic (exact) mass is 417 g/mol. The summed E-state index contributed by atoms with van der Waals surface area (Å²) < 4.78 is 73.7. The highest BCUT2D eigenvalue weighted by molar-refractivity contribution is 7.86. The Balaban J connectivity index is 2.60. The highest BCUT2D eigenvalue weighted by Crippen LogP contribution is 2.37. The third-order valence-electron chi connectivity index (χ3n) is 3.26. The van der Waals surface area contributed by atoms with Gasteiger partial charge in [-0.2, -0.15) is 21.9 Å². The summed E-state index contributed by atoms with van der Waals surface area (Å²) in [5, 5.41) is 7.59. The zero-order chi connectivity index (χ0) is 20.4. The summed E-state index contributed by atoms with van der Waals surface area (Å²) in [5.74, 6) is 0.494. The zero-order valence-corrected chi connectivity index (χ0v) is 15.7. The van der Waals surface area contributed by atoms with Crippen LogP contribution in [0.3, 0.4) is 0 Å². The van der Waals surface area contributed by atoms with Crippen LogP contribution in [0.5, 0.6) is 11.5 Å². The van der Waals surface area contributed by atoms with Crippen LogP contribution in [0.15, 0.2) is 50.4 Å². The maximum absolute atomic E-state index is 11.3. The topological polar surface area (TPSA) is 178 Å². The molecule has 0 aromatic heterocycles. The van der Waals surface area contributed by atoms with Crippen LogP contribution in [0.25, 0.3) is 0 Å². The molecule has 13 heteroatoms. The second-order valence-corrected chi connectivity index (χ2v) is 7.92. The van der Waals surface area contributed by atoms with Crippen molar-refractivity contribution in [3.63, 3.8) is 0 Å². The summed E-state index contributed by atoms with van der Waals surface area (Å²) in [7, 11) is -6.78. The number of nitrogen functional groups attached to an aromatic ring is 1. The maximum Gasteiger partial charge on any atom is 0.294 e. The Bertz CT molecular complexity index is 1060. The van der Waals surface area contributed by atoms with E-state index in [0.29, 0.717) is 6.07 Å². The predicted molar refractivity (Wildman–Crippen MR) is 94.2 cm³/mol. The van der Waals surface area contributed by atoms with Gasteiger partial charge in [-0.15, -0.1) is 5.11 Å². The first-order chi connectivity index (χ1) is 12.5. The van der Waals surface area contributed by atoms with Crippen LogP contribution in [0.2, 0.25) is 0 Å². The van der Waals surface area contributed by atoms with E-state index >= 15 is 0 Å². The molecule has 146 valence electrons. The maximum atomic E-state index is 11.3. The summed E-state index contributed by atoms with van der Waals surface area (Å²) in [6, 6.07) is 5.14. The Labute approximate surface area is 154 Å². The lowest BCUT2D eigenvalue weighted by Gasteiger charge is -2.09. The number of hydrogen-bond donors (Lipinski definition) is 3. The van der Waals surface area contributed by atoms with Gasteiger partial charge in [-0.3, -0.25) is 9.11 Å². The van der Waals surface area contributed by atoms with E-state index in [2.05, 4.69) is 10.2 Å². The van der Waals surface area contributed by atoms with Crippen LogP contribution in [0, 0.1) is 0 Å². The molecule has 0 fully saturated rings. The van der Waals surface area contributed by atoms with Crippen molar-refractivity contribution in [2.45, 2.75) is 9.79 Å². The van der Waals surface area contributed by atoms with Gasteiger partial charge < -0.3 is 15.2 Å². The van der Waals surface area contributed by atoms with Crippen molar-refractivity contribution in [3.05, 3.63) is 30.3 Å². The Morgan fingerprint density at radius 1 is 0.815 bits per heavy atom. The number of benzene rings is 2. The van der Waals surface area contributed by atoms with Gasteiger partial charge in [0.2, 0.25) is 0 Å². The van der Waals surface area contributed by atoms with Gasteiger partial charge in [0.05, 0.1) is 35.4 Å². The quantitative estimate of drug-likeness (QED) is 0.361. The second kappa shape index (κ2) is 7.48. The van der Waals surface area contributed by atoms with Crippen molar-refractivity contribution < 1.29 is 35.4 Å². The molecule has 0 aliphatic carbocycles. The molecule has 0 bridgehead atoms. The van der Waals surface area contributed by atoms with E-state index < -0.39 is 30.0 Å². The molecule has 27 heavy (non-hydrogen) atoms. The Kier molecular flexibility index (Phi) is 5.70. The average molecular weight is 417 g/mol. The first-order valence-electron chi connectivity index (χ1n) is 6.99. The van der Waals surface area contributed by atoms with Gasteiger partial charge in [0.15, 0.2) is 0 Å². The first kappa shape index (κ1) is 20.6. The molecule has 0 spiro atoms. The molecule has 11 nitrogen and oxygen atoms in total. The molecule has 0 amide bonds. The lowest BCUT2D eigenvalue weighted by atomic mass is 10.2. The molecule has 0 heterocycles. The molecule has 2 aromatic carbocycles. The van der Waals surface area contributed by atoms with E-state index in [4.69, 9.17) is 24.3 Å². The Morgan fingerprint density at radius 2 is 1.33 bits per heavy atom. The van der Waals surface area contributed by atoms with Crippen LogP contribution in [0.4, 0.5) is 17.1 Å². The minimum absolute atomic E-state index is 0.147. The molecule has 0 unspecified atom stereocenters. The van der Waals surface area contributed by atoms with Crippen molar-refractivity contribution in [2.24, 2.45) is 10.2 Å². The minimum Gasteiger partial charge on any atom is -0.495 e. The predicted octanol–water partition coefficient (Wildman–Crippen LogP) is 2.19. The van der Waals surface area contributed by atoms with Gasteiger partial charge in [-0.25, -0.2) is 0 Å². The number of nitrogens with two attached hydrogens (primary N) is 1. The number of hydrogen-bond acceptors (Lipinski definition) is 9. The molecule has 2 aromatic rings. The van der Waals surface area contributed by atoms with Gasteiger partial charge in [0, 0.05) is 12.1 Å². The minimum atomic E-state index is -4.76. The second-order valence-electron chi connectivity index (χ2n) is 5.08. The third kappa shape index (κ3) is 4.91. The fourth-order valence-electron chi connectivity index (χ4n) is 2.01. The third-order valence-corrected chi connectivity index (χ3v) is 4.93. The molecule has 0 saturated carbocycles. The summed E-state index contributed by atoms with van der Waals surface area (Å²) in [6.45, 7) is 0. The number of azo groups is 1. The Hall–Kier alpha value is -2.74. The SMILES string of the molecule is COc1cc(N=Nc2cc(S(=O)(=O)O)cc(S(=O)(=O)O)c2)c(OC)cc1N. The van der Waals surface area contributed by atoms with Crippen LogP contribution in [-0.2, 0) is 20.2 Å². The van der Waals surface area contributed by atoms with Crippen LogP contribution < -0.4 is 15.2 Å². The van der Waals surface area contributed by atoms with Crippen molar-refractivity contribution in [2.75, 3.05) is 20.0 Å². The van der Waals surface area contributed by atoms with Crippen LogP contribution in [0.1, 0.15) is 0 Å². The highest BCUT2D eigenvalue weighted by atomic mass is 32.2. The van der Waals surface area contributed by atoms with E-state index in [0.717, 1.165) is 12.1 Å². The fraction of sp³-hybridized carbons (Fsp3) is 0.143. The number of rotatable bonds is 6. The van der Waals surface area contributed by atoms with Crippen molar-refractivity contribution >= 4 is 37.3 Å². The van der Waals surface area contributed by atoms with Crippen molar-refractivity contribution in [1.82, 2.24) is 0 Å². The van der Waals surface area contributed by atoms with E-state index in [1.54, 1.807) is 0 Å². The lowest BCUT2D eigenvalue weighted by Crippen LogP contribution is -2.03. The summed E-state index contributed by atoms with van der Waals surface area (Å²) >= 11 is 0. The van der Waals surface area contributed by atoms with Gasteiger partial charge in [-0.05, 0) is 18.2 Å². The Morgan fingerprint density at radius 3 is 1.78 bits per heavy atom. The number of ether oxygens (including phenoxy) is 2. The summed E-state index contributed by atoms with van der Waals surface area (Å²) in [4.78, 5) is -1.57. The summed E-state index contributed by atoms with van der Waals surface area (Å²) in [6.07, 6.45) is 0. The van der Waals surface area contributed by atoms with Gasteiger partial charge in [0.1, 0.15) is 17.2 Å². The van der Waals surface area contributed by atoms with Crippen LogP contribution in [-0.4, -0.2) is 40.2 Å². The normalized spacial score (nSPS) is 12.3. The molecule has 0 aliphatic rings. The number of nitrogens with zero attached hydrogens (tertiary/aromatic N) is 2. The lowest BCUT2D eigenvalue weighted by molar-refractivity contribution is 0.406. The van der Waals surface area contributed by atoms with Gasteiger partial charge >= 0.3 is 0 Å². The molecule has 0 radical (unpaired) electrons. The number of anilines is 1. The van der Waals surface area contributed by atoms with E-state index in [9.17, 15) is 16.8 Å². The molecule has 0 atom stereocenters. The largest absolute Gasteiger partial charge is 0.495 e. The summed E-state index contributed by atoms with van der Waals surface area (Å²) in [5.41, 5.74) is 5.91. The molecule has 4 N–H and O–H groups in total. The number of methoxy groups -OCH3 is 2. The molecular formula is C14H15N3O8S2. The van der Waals surface area contributed by atoms with Crippen molar-refractivity contribution in [3.8, 4) is 11.5 Å². The average Bonchev–Trinajstić information content (AvgIpc) is 2.58. The van der Waals surface area contributed by atoms with Gasteiger partial charge in [0.25, 0.3) is 20.2 Å². The smallest absolute Gasteiger partial charge is 0.294 e. The van der Waals surface area contributed by atoms with Crippen molar-refractivity contribution in [1.29, 1.82) is 0 Å². The molecule has 0 aliphatic heterocycles. The molecule has 2 rings (SSSR count). The zero-order valence-electron chi connectivity index (χ0n) is 14.0. The first-order valence-corrected chi connectivity index (χ1v) is 9.87. The molecule has 0 saturated heterocycles. The van der Waals surface area contributed by atoms with E-state index in [-0.39, 0.29) is 28.6 Å². The van der Waals surface area contributed by atoms with Gasteiger partial charge in [-0.1, -0.05) is 0 Å².